The highest BCUT2D eigenvalue weighted by Crippen LogP contribution is 2.64. The van der Waals surface area contributed by atoms with Gasteiger partial charge in [0.1, 0.15) is 11.5 Å². The van der Waals surface area contributed by atoms with Crippen molar-refractivity contribution in [3.8, 4) is 6.07 Å². The van der Waals surface area contributed by atoms with Crippen molar-refractivity contribution in [2.45, 2.75) is 75.9 Å². The fraction of sp³-hybridized carbons (Fsp3) is 0.567. The highest BCUT2D eigenvalue weighted by molar-refractivity contribution is 5.86. The van der Waals surface area contributed by atoms with E-state index in [1.54, 1.807) is 12.4 Å². The van der Waals surface area contributed by atoms with Gasteiger partial charge in [0, 0.05) is 16.8 Å². The number of fused-ring (bicyclic) bond motifs is 5. The number of nitriles is 1. The van der Waals surface area contributed by atoms with Gasteiger partial charge < -0.3 is 19.8 Å². The second-order valence-electron chi connectivity index (χ2n) is 12.0. The minimum Gasteiger partial charge on any atom is -0.388 e. The highest BCUT2D eigenvalue weighted by Gasteiger charge is 2.63. The molecule has 7 nitrogen and oxygen atoms in total. The van der Waals surface area contributed by atoms with Crippen molar-refractivity contribution in [3.63, 3.8) is 0 Å². The van der Waals surface area contributed by atoms with E-state index < -0.39 is 23.2 Å². The number of aliphatic hydroxyl groups excluding tert-OH is 2. The Hall–Kier alpha value is -2.63. The lowest BCUT2D eigenvalue weighted by Gasteiger charge is -2.59. The van der Waals surface area contributed by atoms with Crippen LogP contribution >= 0.6 is 0 Å². The van der Waals surface area contributed by atoms with E-state index in [0.717, 1.165) is 23.6 Å². The van der Waals surface area contributed by atoms with Crippen LogP contribution in [0.15, 0.2) is 48.3 Å². The molecule has 1 aromatic heterocycles. The Morgan fingerprint density at radius 3 is 2.62 bits per heavy atom. The summed E-state index contributed by atoms with van der Waals surface area (Å²) in [5, 5.41) is 43.0. The maximum atomic E-state index is 11.2. The summed E-state index contributed by atoms with van der Waals surface area (Å²) in [6, 6.07) is 8.87. The fourth-order valence-corrected chi connectivity index (χ4v) is 7.80. The smallest absolute Gasteiger partial charge is 0.105 e. The van der Waals surface area contributed by atoms with Crippen LogP contribution in [0.25, 0.3) is 16.3 Å². The molecule has 3 aliphatic carbocycles. The molecule has 2 aromatic rings. The van der Waals surface area contributed by atoms with E-state index in [2.05, 4.69) is 54.4 Å². The minimum absolute atomic E-state index is 0.132. The molecule has 2 heterocycles. The van der Waals surface area contributed by atoms with Crippen LogP contribution in [0.1, 0.15) is 51.5 Å². The maximum Gasteiger partial charge on any atom is 0.105 e. The fourth-order valence-electron chi connectivity index (χ4n) is 7.80. The first kappa shape index (κ1) is 24.7. The molecule has 0 amide bonds. The molecule has 2 fully saturated rings. The number of rotatable bonds is 3. The molecule has 1 aliphatic heterocycles. The molecule has 1 aromatic carbocycles. The predicted molar refractivity (Wildman–Crippen MR) is 141 cm³/mol. The van der Waals surface area contributed by atoms with Crippen molar-refractivity contribution in [3.05, 3.63) is 53.9 Å². The van der Waals surface area contributed by atoms with Crippen molar-refractivity contribution in [2.75, 3.05) is 14.1 Å². The monoisotopic (exact) mass is 500 g/mol. The van der Waals surface area contributed by atoms with Gasteiger partial charge in [0.2, 0.25) is 0 Å². The van der Waals surface area contributed by atoms with Crippen LogP contribution in [0, 0.1) is 28.1 Å². The molecular weight excluding hydrogens is 464 g/mol. The molecule has 7 heteroatoms. The third-order valence-corrected chi connectivity index (χ3v) is 10.1. The van der Waals surface area contributed by atoms with E-state index in [-0.39, 0.29) is 23.5 Å². The first-order valence-corrected chi connectivity index (χ1v) is 13.4. The molecule has 0 saturated heterocycles. The molecule has 8 atom stereocenters. The quantitative estimate of drug-likeness (QED) is 0.617. The molecular formula is C30H36N4O3. The van der Waals surface area contributed by atoms with Gasteiger partial charge in [-0.2, -0.15) is 15.5 Å². The van der Waals surface area contributed by atoms with Gasteiger partial charge in [-0.25, -0.2) is 0 Å². The van der Waals surface area contributed by atoms with Crippen molar-refractivity contribution < 1.29 is 14.9 Å². The Kier molecular flexibility index (Phi) is 5.63. The zero-order chi connectivity index (χ0) is 26.2. The summed E-state index contributed by atoms with van der Waals surface area (Å²) in [6.07, 6.45) is 9.33. The Labute approximate surface area is 218 Å². The van der Waals surface area contributed by atoms with E-state index in [1.165, 1.54) is 11.1 Å². The van der Waals surface area contributed by atoms with Crippen molar-refractivity contribution >= 4 is 16.3 Å². The topological polar surface area (TPSA) is 103 Å². The Balaban J connectivity index is 1.41. The van der Waals surface area contributed by atoms with Crippen LogP contribution in [-0.2, 0) is 4.74 Å². The van der Waals surface area contributed by atoms with Crippen molar-refractivity contribution in [2.24, 2.45) is 16.7 Å². The normalized spacial score (nSPS) is 40.9. The summed E-state index contributed by atoms with van der Waals surface area (Å²) in [5.74, 6) is 0.144. The summed E-state index contributed by atoms with van der Waals surface area (Å²) in [7, 11) is 3.86. The van der Waals surface area contributed by atoms with Gasteiger partial charge in [-0.05, 0) is 80.3 Å². The first-order valence-electron chi connectivity index (χ1n) is 13.4. The van der Waals surface area contributed by atoms with Crippen LogP contribution in [0.5, 0.6) is 0 Å². The number of hydrogen-bond donors (Lipinski definition) is 2. The number of nitrogens with zero attached hydrogens (tertiary/aromatic N) is 4. The molecule has 6 rings (SSSR count). The third kappa shape index (κ3) is 3.39. The van der Waals surface area contributed by atoms with Gasteiger partial charge in [0.05, 0.1) is 36.3 Å². The number of allylic oxidation sites excluding steroid dienone is 2. The van der Waals surface area contributed by atoms with E-state index in [1.807, 2.05) is 25.1 Å². The van der Waals surface area contributed by atoms with E-state index in [9.17, 15) is 15.5 Å². The molecule has 0 radical (unpaired) electrons. The number of aliphatic hydroxyl groups is 2. The van der Waals surface area contributed by atoms with Crippen LogP contribution in [0.3, 0.4) is 0 Å². The second-order valence-corrected chi connectivity index (χ2v) is 12.0. The maximum absolute atomic E-state index is 11.2. The number of hydrogen-bond acceptors (Lipinski definition) is 7. The average molecular weight is 501 g/mol. The predicted octanol–water partition coefficient (Wildman–Crippen LogP) is 3.87. The van der Waals surface area contributed by atoms with Gasteiger partial charge in [-0.15, -0.1) is 0 Å². The number of benzene rings is 1. The number of aromatic nitrogens is 2. The lowest BCUT2D eigenvalue weighted by atomic mass is 9.53. The van der Waals surface area contributed by atoms with E-state index in [0.29, 0.717) is 24.8 Å². The van der Waals surface area contributed by atoms with E-state index >= 15 is 0 Å². The zero-order valence-corrected chi connectivity index (χ0v) is 22.1. The molecule has 2 N–H and O–H groups in total. The molecule has 4 aliphatic rings. The highest BCUT2D eigenvalue weighted by atomic mass is 16.5. The SMILES string of the molecule is CCC12CC(N(C)C)C(O)C(O)C1=CC1(C#N)CCC3(C)C(c4ccc5cnncc5c4)=CCC3C1O2. The molecule has 8 unspecified atom stereocenters. The standard InChI is InChI=1S/C30H36N4O3/c1-5-30-14-24(34(3)4)26(36)25(35)23(30)13-29(17-31)11-10-28(2)21(8-9-22(28)27(29)37-30)18-6-7-19-15-32-33-16-20(19)12-18/h6-8,12-13,15-16,22,24-27,35-36H,5,9-11,14H2,1-4H3. The molecule has 2 saturated carbocycles. The lowest BCUT2D eigenvalue weighted by Crippen LogP contribution is -2.65. The molecule has 194 valence electrons. The van der Waals surface area contributed by atoms with Gasteiger partial charge in [-0.3, -0.25) is 0 Å². The van der Waals surface area contributed by atoms with Crippen LogP contribution in [-0.4, -0.2) is 69.4 Å². The van der Waals surface area contributed by atoms with Crippen molar-refractivity contribution in [1.29, 1.82) is 5.26 Å². The van der Waals surface area contributed by atoms with Crippen LogP contribution < -0.4 is 0 Å². The second kappa shape index (κ2) is 8.44. The van der Waals surface area contributed by atoms with Gasteiger partial charge in [0.15, 0.2) is 0 Å². The summed E-state index contributed by atoms with van der Waals surface area (Å²) in [4.78, 5) is 1.97. The Morgan fingerprint density at radius 1 is 1.16 bits per heavy atom. The minimum atomic E-state index is -1.04. The number of ether oxygens (including phenoxy) is 1. The molecule has 0 bridgehead atoms. The van der Waals surface area contributed by atoms with Gasteiger partial charge in [0.25, 0.3) is 0 Å². The van der Waals surface area contributed by atoms with E-state index in [4.69, 9.17) is 4.74 Å². The third-order valence-electron chi connectivity index (χ3n) is 10.1. The van der Waals surface area contributed by atoms with Gasteiger partial charge in [-0.1, -0.05) is 38.1 Å². The summed E-state index contributed by atoms with van der Waals surface area (Å²) in [6.45, 7) is 4.42. The molecule has 37 heavy (non-hydrogen) atoms. The largest absolute Gasteiger partial charge is 0.388 e. The first-order chi connectivity index (χ1) is 17.7. The Bertz CT molecular complexity index is 1350. The van der Waals surface area contributed by atoms with Crippen LogP contribution in [0.4, 0.5) is 0 Å². The van der Waals surface area contributed by atoms with Crippen molar-refractivity contribution in [1.82, 2.24) is 15.1 Å². The summed E-state index contributed by atoms with van der Waals surface area (Å²) in [5.41, 5.74) is 1.57. The summed E-state index contributed by atoms with van der Waals surface area (Å²) < 4.78 is 7.12. The zero-order valence-electron chi connectivity index (χ0n) is 22.1. The van der Waals surface area contributed by atoms with Crippen LogP contribution in [0.2, 0.25) is 0 Å². The Morgan fingerprint density at radius 2 is 1.92 bits per heavy atom. The molecule has 0 spiro atoms. The lowest BCUT2D eigenvalue weighted by molar-refractivity contribution is -0.202. The average Bonchev–Trinajstić information content (AvgIpc) is 3.26. The number of likely N-dealkylation sites (N-methyl/N-ethyl adjacent to an activating group) is 1. The summed E-state index contributed by atoms with van der Waals surface area (Å²) >= 11 is 0. The van der Waals surface area contributed by atoms with Gasteiger partial charge >= 0.3 is 0 Å².